The highest BCUT2D eigenvalue weighted by Crippen LogP contribution is 2.25. The molecule has 0 spiro atoms. The standard InChI is InChI=1S/C19H26N4O2.HI/c1-24-16-9-7-15(8-10-16)22-19(20)21-14-17(18-6-5-13-25-18)23-11-3-2-4-12-23;/h5-10,13,17H,2-4,11-12,14H2,1H3,(H3,20,21,22);1H. The lowest BCUT2D eigenvalue weighted by Crippen LogP contribution is -2.36. The highest BCUT2D eigenvalue weighted by atomic mass is 127. The predicted molar refractivity (Wildman–Crippen MR) is 115 cm³/mol. The van der Waals surface area contributed by atoms with Crippen molar-refractivity contribution in [1.82, 2.24) is 4.90 Å². The highest BCUT2D eigenvalue weighted by Gasteiger charge is 2.24. The third-order valence-corrected chi connectivity index (χ3v) is 4.50. The maximum Gasteiger partial charge on any atom is 0.193 e. The molecule has 1 aliphatic heterocycles. The minimum absolute atomic E-state index is 0. The molecule has 1 saturated heterocycles. The van der Waals surface area contributed by atoms with Crippen LogP contribution in [0.4, 0.5) is 5.69 Å². The van der Waals surface area contributed by atoms with Crippen LogP contribution < -0.4 is 15.8 Å². The average molecular weight is 470 g/mol. The molecule has 142 valence electrons. The van der Waals surface area contributed by atoms with Crippen molar-refractivity contribution in [3.8, 4) is 5.75 Å². The fourth-order valence-corrected chi connectivity index (χ4v) is 3.14. The smallest absolute Gasteiger partial charge is 0.193 e. The fraction of sp³-hybridized carbons (Fsp3) is 0.421. The number of nitrogens with zero attached hydrogens (tertiary/aromatic N) is 2. The van der Waals surface area contributed by atoms with Crippen molar-refractivity contribution in [3.05, 3.63) is 48.4 Å². The fourth-order valence-electron chi connectivity index (χ4n) is 3.14. The molecule has 2 aromatic rings. The third-order valence-electron chi connectivity index (χ3n) is 4.50. The van der Waals surface area contributed by atoms with Gasteiger partial charge in [-0.15, -0.1) is 24.0 Å². The second-order valence-corrected chi connectivity index (χ2v) is 6.21. The Balaban J connectivity index is 0.00000243. The number of aliphatic imine (C=N–C) groups is 1. The number of halogens is 1. The monoisotopic (exact) mass is 470 g/mol. The number of hydrogen-bond donors (Lipinski definition) is 2. The van der Waals surface area contributed by atoms with Crippen molar-refractivity contribution in [1.29, 1.82) is 0 Å². The quantitative estimate of drug-likeness (QED) is 0.381. The predicted octanol–water partition coefficient (Wildman–Crippen LogP) is 3.86. The Morgan fingerprint density at radius 3 is 2.58 bits per heavy atom. The lowest BCUT2D eigenvalue weighted by Gasteiger charge is -2.32. The molecule has 0 amide bonds. The molecule has 1 fully saturated rings. The minimum Gasteiger partial charge on any atom is -0.497 e. The Morgan fingerprint density at radius 2 is 1.96 bits per heavy atom. The van der Waals surface area contributed by atoms with E-state index in [1.54, 1.807) is 13.4 Å². The molecule has 0 saturated carbocycles. The van der Waals surface area contributed by atoms with Crippen molar-refractivity contribution in [3.63, 3.8) is 0 Å². The van der Waals surface area contributed by atoms with Crippen LogP contribution in [0.15, 0.2) is 52.1 Å². The van der Waals surface area contributed by atoms with E-state index in [1.807, 2.05) is 36.4 Å². The van der Waals surface area contributed by atoms with Crippen LogP contribution in [0, 0.1) is 0 Å². The largest absolute Gasteiger partial charge is 0.497 e. The van der Waals surface area contributed by atoms with Gasteiger partial charge in [0.25, 0.3) is 0 Å². The topological polar surface area (TPSA) is 76.0 Å². The summed E-state index contributed by atoms with van der Waals surface area (Å²) in [6, 6.07) is 11.7. The average Bonchev–Trinajstić information content (AvgIpc) is 3.18. The van der Waals surface area contributed by atoms with E-state index >= 15 is 0 Å². The van der Waals surface area contributed by atoms with Gasteiger partial charge in [0.2, 0.25) is 0 Å². The van der Waals surface area contributed by atoms with Crippen LogP contribution in [0.5, 0.6) is 5.75 Å². The molecule has 0 bridgehead atoms. The van der Waals surface area contributed by atoms with Gasteiger partial charge in [-0.25, -0.2) is 0 Å². The van der Waals surface area contributed by atoms with E-state index in [0.29, 0.717) is 12.5 Å². The second kappa shape index (κ2) is 10.4. The summed E-state index contributed by atoms with van der Waals surface area (Å²) in [5.41, 5.74) is 6.95. The Kier molecular flexibility index (Phi) is 8.24. The summed E-state index contributed by atoms with van der Waals surface area (Å²) in [7, 11) is 1.65. The van der Waals surface area contributed by atoms with E-state index in [9.17, 15) is 0 Å². The molecule has 1 atom stereocenters. The zero-order chi connectivity index (χ0) is 17.5. The van der Waals surface area contributed by atoms with Crippen molar-refractivity contribution in [2.45, 2.75) is 25.3 Å². The van der Waals surface area contributed by atoms with E-state index in [2.05, 4.69) is 15.2 Å². The van der Waals surface area contributed by atoms with Crippen LogP contribution in [0.25, 0.3) is 0 Å². The van der Waals surface area contributed by atoms with Crippen LogP contribution in [0.1, 0.15) is 31.1 Å². The molecule has 1 aromatic carbocycles. The molecular formula is C19H27IN4O2. The molecule has 2 heterocycles. The summed E-state index contributed by atoms with van der Waals surface area (Å²) >= 11 is 0. The molecule has 1 unspecified atom stereocenters. The number of guanidine groups is 1. The molecule has 0 radical (unpaired) electrons. The zero-order valence-corrected chi connectivity index (χ0v) is 17.4. The summed E-state index contributed by atoms with van der Waals surface area (Å²) in [6.07, 6.45) is 5.46. The van der Waals surface area contributed by atoms with Gasteiger partial charge in [0.15, 0.2) is 5.96 Å². The van der Waals surface area contributed by atoms with Crippen LogP contribution in [-0.4, -0.2) is 37.6 Å². The van der Waals surface area contributed by atoms with Gasteiger partial charge in [0, 0.05) is 5.69 Å². The summed E-state index contributed by atoms with van der Waals surface area (Å²) in [4.78, 5) is 6.98. The molecule has 1 aliphatic rings. The van der Waals surface area contributed by atoms with Gasteiger partial charge in [-0.3, -0.25) is 9.89 Å². The van der Waals surface area contributed by atoms with Crippen molar-refractivity contribution in [2.24, 2.45) is 10.7 Å². The van der Waals surface area contributed by atoms with E-state index in [4.69, 9.17) is 14.9 Å². The number of nitrogens with one attached hydrogen (secondary N) is 1. The Morgan fingerprint density at radius 1 is 1.23 bits per heavy atom. The number of nitrogens with two attached hydrogens (primary N) is 1. The van der Waals surface area contributed by atoms with Crippen molar-refractivity contribution < 1.29 is 9.15 Å². The Labute approximate surface area is 171 Å². The number of ether oxygens (including phenoxy) is 1. The van der Waals surface area contributed by atoms with Gasteiger partial charge in [-0.05, 0) is 62.3 Å². The summed E-state index contributed by atoms with van der Waals surface area (Å²) in [5.74, 6) is 2.16. The van der Waals surface area contributed by atoms with Gasteiger partial charge < -0.3 is 20.2 Å². The molecule has 6 nitrogen and oxygen atoms in total. The molecular weight excluding hydrogens is 443 g/mol. The number of methoxy groups -OCH3 is 1. The summed E-state index contributed by atoms with van der Waals surface area (Å²) in [5, 5.41) is 3.12. The molecule has 7 heteroatoms. The lowest BCUT2D eigenvalue weighted by atomic mass is 10.1. The van der Waals surface area contributed by atoms with E-state index < -0.39 is 0 Å². The summed E-state index contributed by atoms with van der Waals surface area (Å²) in [6.45, 7) is 2.72. The number of benzene rings is 1. The van der Waals surface area contributed by atoms with Gasteiger partial charge in [-0.1, -0.05) is 6.42 Å². The molecule has 1 aromatic heterocycles. The van der Waals surface area contributed by atoms with E-state index in [1.165, 1.54) is 19.3 Å². The highest BCUT2D eigenvalue weighted by molar-refractivity contribution is 14.0. The van der Waals surface area contributed by atoms with Gasteiger partial charge in [0.05, 0.1) is 26.0 Å². The van der Waals surface area contributed by atoms with Gasteiger partial charge >= 0.3 is 0 Å². The minimum atomic E-state index is 0. The first-order valence-corrected chi connectivity index (χ1v) is 8.74. The first-order valence-electron chi connectivity index (χ1n) is 8.74. The number of anilines is 1. The van der Waals surface area contributed by atoms with Crippen LogP contribution in [-0.2, 0) is 0 Å². The number of hydrogen-bond acceptors (Lipinski definition) is 4. The second-order valence-electron chi connectivity index (χ2n) is 6.21. The van der Waals surface area contributed by atoms with Crippen LogP contribution >= 0.6 is 24.0 Å². The first kappa shape index (κ1) is 20.6. The SMILES string of the molecule is COc1ccc(NC(N)=NCC(c2ccco2)N2CCCCC2)cc1.I. The van der Waals surface area contributed by atoms with Crippen LogP contribution in [0.2, 0.25) is 0 Å². The number of furan rings is 1. The van der Waals surface area contributed by atoms with Crippen molar-refractivity contribution in [2.75, 3.05) is 32.1 Å². The van der Waals surface area contributed by atoms with Gasteiger partial charge in [-0.2, -0.15) is 0 Å². The first-order chi connectivity index (χ1) is 12.3. The van der Waals surface area contributed by atoms with Crippen LogP contribution in [0.3, 0.4) is 0 Å². The number of rotatable bonds is 6. The summed E-state index contributed by atoms with van der Waals surface area (Å²) < 4.78 is 10.8. The third kappa shape index (κ3) is 5.63. The molecule has 3 rings (SSSR count). The molecule has 26 heavy (non-hydrogen) atoms. The Hall–Kier alpha value is -1.74. The van der Waals surface area contributed by atoms with Crippen molar-refractivity contribution >= 4 is 35.6 Å². The maximum atomic E-state index is 6.07. The van der Waals surface area contributed by atoms with E-state index in [-0.39, 0.29) is 30.0 Å². The number of likely N-dealkylation sites (tertiary alicyclic amines) is 1. The van der Waals surface area contributed by atoms with E-state index in [0.717, 1.165) is 30.3 Å². The lowest BCUT2D eigenvalue weighted by molar-refractivity contribution is 0.150. The normalized spacial score (nSPS) is 16.6. The number of piperidine rings is 1. The maximum absolute atomic E-state index is 6.07. The molecule has 3 N–H and O–H groups in total. The molecule has 0 aliphatic carbocycles. The van der Waals surface area contributed by atoms with Gasteiger partial charge in [0.1, 0.15) is 11.5 Å². The Bertz CT molecular complexity index is 667. The zero-order valence-electron chi connectivity index (χ0n) is 15.1.